The van der Waals surface area contributed by atoms with E-state index in [0.29, 0.717) is 0 Å². The standard InChI is InChI=1S/C15H17N3O2S/c1-8-6-12(10(3)21-8)9(2)18-15(20)13-5-4-11(7-17-13)14(16)19/h4-7,9H,1-3H3,(H2,16,19)(H,18,20). The Morgan fingerprint density at radius 3 is 2.52 bits per heavy atom. The van der Waals surface area contributed by atoms with E-state index < -0.39 is 5.91 Å². The van der Waals surface area contributed by atoms with Gasteiger partial charge in [-0.2, -0.15) is 0 Å². The van der Waals surface area contributed by atoms with Crippen molar-refractivity contribution in [3.05, 3.63) is 51.0 Å². The van der Waals surface area contributed by atoms with Crippen LogP contribution < -0.4 is 11.1 Å². The number of pyridine rings is 1. The van der Waals surface area contributed by atoms with Crippen LogP contribution in [0.3, 0.4) is 0 Å². The number of aryl methyl sites for hydroxylation is 2. The summed E-state index contributed by atoms with van der Waals surface area (Å²) < 4.78 is 0. The van der Waals surface area contributed by atoms with Gasteiger partial charge in [0.15, 0.2) is 0 Å². The third-order valence-electron chi connectivity index (χ3n) is 3.17. The average Bonchev–Trinajstić information content (AvgIpc) is 2.77. The molecule has 0 spiro atoms. The summed E-state index contributed by atoms with van der Waals surface area (Å²) >= 11 is 1.71. The minimum Gasteiger partial charge on any atom is -0.366 e. The minimum absolute atomic E-state index is 0.0972. The lowest BCUT2D eigenvalue weighted by Gasteiger charge is -2.13. The number of carbonyl (C=O) groups is 2. The van der Waals surface area contributed by atoms with Crippen molar-refractivity contribution in [3.8, 4) is 0 Å². The van der Waals surface area contributed by atoms with Gasteiger partial charge in [-0.05, 0) is 44.5 Å². The van der Waals surface area contributed by atoms with Crippen molar-refractivity contribution in [3.63, 3.8) is 0 Å². The summed E-state index contributed by atoms with van der Waals surface area (Å²) in [7, 11) is 0. The van der Waals surface area contributed by atoms with E-state index in [0.717, 1.165) is 5.56 Å². The van der Waals surface area contributed by atoms with Gasteiger partial charge in [-0.1, -0.05) is 0 Å². The smallest absolute Gasteiger partial charge is 0.270 e. The van der Waals surface area contributed by atoms with Crippen LogP contribution in [0.15, 0.2) is 24.4 Å². The maximum absolute atomic E-state index is 12.1. The monoisotopic (exact) mass is 303 g/mol. The van der Waals surface area contributed by atoms with Crippen LogP contribution in [0.4, 0.5) is 0 Å². The molecule has 0 saturated heterocycles. The molecule has 0 bridgehead atoms. The highest BCUT2D eigenvalue weighted by Gasteiger charge is 2.16. The molecule has 21 heavy (non-hydrogen) atoms. The predicted octanol–water partition coefficient (Wildman–Crippen LogP) is 2.35. The molecular weight excluding hydrogens is 286 g/mol. The Hall–Kier alpha value is -2.21. The number of primary amides is 1. The first-order chi connectivity index (χ1) is 9.88. The van der Waals surface area contributed by atoms with Crippen LogP contribution >= 0.6 is 11.3 Å². The Bertz CT molecular complexity index is 677. The lowest BCUT2D eigenvalue weighted by molar-refractivity contribution is 0.0932. The van der Waals surface area contributed by atoms with Crippen LogP contribution in [0.1, 0.15) is 49.1 Å². The fourth-order valence-electron chi connectivity index (χ4n) is 2.10. The molecule has 2 aromatic rings. The van der Waals surface area contributed by atoms with Crippen molar-refractivity contribution in [1.29, 1.82) is 0 Å². The molecule has 5 nitrogen and oxygen atoms in total. The molecule has 2 heterocycles. The fourth-order valence-corrected chi connectivity index (χ4v) is 3.13. The van der Waals surface area contributed by atoms with Gasteiger partial charge in [-0.25, -0.2) is 0 Å². The highest BCUT2D eigenvalue weighted by molar-refractivity contribution is 7.12. The molecule has 0 aliphatic carbocycles. The summed E-state index contributed by atoms with van der Waals surface area (Å²) in [6.45, 7) is 6.01. The second-order valence-electron chi connectivity index (χ2n) is 4.86. The van der Waals surface area contributed by atoms with E-state index in [1.54, 1.807) is 11.3 Å². The first-order valence-corrected chi connectivity index (χ1v) is 7.33. The quantitative estimate of drug-likeness (QED) is 0.909. The predicted molar refractivity (Wildman–Crippen MR) is 82.4 cm³/mol. The number of hydrogen-bond acceptors (Lipinski definition) is 4. The van der Waals surface area contributed by atoms with Crippen molar-refractivity contribution in [1.82, 2.24) is 10.3 Å². The van der Waals surface area contributed by atoms with E-state index in [9.17, 15) is 9.59 Å². The maximum atomic E-state index is 12.1. The van der Waals surface area contributed by atoms with E-state index in [-0.39, 0.29) is 23.2 Å². The molecule has 3 N–H and O–H groups in total. The van der Waals surface area contributed by atoms with Crippen molar-refractivity contribution in [2.24, 2.45) is 5.73 Å². The molecule has 110 valence electrons. The number of carbonyl (C=O) groups excluding carboxylic acids is 2. The summed E-state index contributed by atoms with van der Waals surface area (Å²) in [5, 5.41) is 2.90. The fraction of sp³-hybridized carbons (Fsp3) is 0.267. The van der Waals surface area contributed by atoms with Crippen LogP contribution in [0.25, 0.3) is 0 Å². The van der Waals surface area contributed by atoms with Gasteiger partial charge in [0, 0.05) is 16.0 Å². The van der Waals surface area contributed by atoms with Gasteiger partial charge in [-0.15, -0.1) is 11.3 Å². The van der Waals surface area contributed by atoms with Crippen LogP contribution in [-0.2, 0) is 0 Å². The van der Waals surface area contributed by atoms with Gasteiger partial charge in [0.1, 0.15) is 5.69 Å². The Morgan fingerprint density at radius 1 is 1.33 bits per heavy atom. The van der Waals surface area contributed by atoms with E-state index >= 15 is 0 Å². The molecule has 0 aliphatic heterocycles. The van der Waals surface area contributed by atoms with Crippen LogP contribution in [0.2, 0.25) is 0 Å². The Balaban J connectivity index is 2.10. The minimum atomic E-state index is -0.563. The number of aromatic nitrogens is 1. The van der Waals surface area contributed by atoms with E-state index in [4.69, 9.17) is 5.73 Å². The third kappa shape index (κ3) is 3.46. The second-order valence-corrected chi connectivity index (χ2v) is 6.32. The molecule has 2 amide bonds. The van der Waals surface area contributed by atoms with Crippen molar-refractivity contribution in [2.45, 2.75) is 26.8 Å². The topological polar surface area (TPSA) is 85.1 Å². The van der Waals surface area contributed by atoms with E-state index in [2.05, 4.69) is 16.4 Å². The van der Waals surface area contributed by atoms with Crippen LogP contribution in [0.5, 0.6) is 0 Å². The van der Waals surface area contributed by atoms with Gasteiger partial charge >= 0.3 is 0 Å². The maximum Gasteiger partial charge on any atom is 0.270 e. The second kappa shape index (κ2) is 6.05. The molecule has 0 fully saturated rings. The summed E-state index contributed by atoms with van der Waals surface area (Å²) in [6, 6.07) is 4.97. The van der Waals surface area contributed by atoms with Gasteiger partial charge < -0.3 is 11.1 Å². The van der Waals surface area contributed by atoms with Gasteiger partial charge in [0.2, 0.25) is 5.91 Å². The van der Waals surface area contributed by atoms with Crippen LogP contribution in [-0.4, -0.2) is 16.8 Å². The summed E-state index contributed by atoms with van der Waals surface area (Å²) in [4.78, 5) is 29.5. The Kier molecular flexibility index (Phi) is 4.37. The first kappa shape index (κ1) is 15.2. The number of thiophene rings is 1. The lowest BCUT2D eigenvalue weighted by Crippen LogP contribution is -2.27. The average molecular weight is 303 g/mol. The molecule has 1 unspecified atom stereocenters. The van der Waals surface area contributed by atoms with Crippen LogP contribution in [0, 0.1) is 13.8 Å². The molecule has 2 aromatic heterocycles. The highest BCUT2D eigenvalue weighted by atomic mass is 32.1. The zero-order chi connectivity index (χ0) is 15.6. The molecule has 1 atom stereocenters. The lowest BCUT2D eigenvalue weighted by atomic mass is 10.1. The summed E-state index contributed by atoms with van der Waals surface area (Å²) in [5.74, 6) is -0.839. The molecule has 2 rings (SSSR count). The highest BCUT2D eigenvalue weighted by Crippen LogP contribution is 2.26. The number of rotatable bonds is 4. The summed E-state index contributed by atoms with van der Waals surface area (Å²) in [5.41, 5.74) is 6.79. The zero-order valence-electron chi connectivity index (χ0n) is 12.1. The van der Waals surface area contributed by atoms with Gasteiger partial charge in [0.25, 0.3) is 5.91 Å². The largest absolute Gasteiger partial charge is 0.366 e. The molecule has 0 saturated carbocycles. The van der Waals surface area contributed by atoms with E-state index in [1.807, 2.05) is 20.8 Å². The molecule has 0 aromatic carbocycles. The van der Waals surface area contributed by atoms with Crippen molar-refractivity contribution >= 4 is 23.2 Å². The van der Waals surface area contributed by atoms with Gasteiger partial charge in [-0.3, -0.25) is 14.6 Å². The van der Waals surface area contributed by atoms with Crippen molar-refractivity contribution in [2.75, 3.05) is 0 Å². The molecule has 0 aliphatic rings. The molecular formula is C15H17N3O2S. The van der Waals surface area contributed by atoms with Gasteiger partial charge in [0.05, 0.1) is 11.6 Å². The number of amides is 2. The zero-order valence-corrected chi connectivity index (χ0v) is 13.0. The number of nitrogens with zero attached hydrogens (tertiary/aromatic N) is 1. The van der Waals surface area contributed by atoms with E-state index in [1.165, 1.54) is 28.1 Å². The molecule has 0 radical (unpaired) electrons. The molecule has 6 heteroatoms. The number of nitrogens with two attached hydrogens (primary N) is 1. The SMILES string of the molecule is Cc1cc(C(C)NC(=O)c2ccc(C(N)=O)cn2)c(C)s1. The van der Waals surface area contributed by atoms with Crippen molar-refractivity contribution < 1.29 is 9.59 Å². The number of nitrogens with one attached hydrogen (secondary N) is 1. The Labute approximate surface area is 127 Å². The first-order valence-electron chi connectivity index (χ1n) is 6.52. The number of hydrogen-bond donors (Lipinski definition) is 2. The Morgan fingerprint density at radius 2 is 2.05 bits per heavy atom. The third-order valence-corrected chi connectivity index (χ3v) is 4.16. The summed E-state index contributed by atoms with van der Waals surface area (Å²) in [6.07, 6.45) is 1.31. The normalized spacial score (nSPS) is 12.0.